The van der Waals surface area contributed by atoms with E-state index in [4.69, 9.17) is 0 Å². The van der Waals surface area contributed by atoms with Crippen LogP contribution in [0, 0.1) is 13.8 Å². The number of nitrogens with zero attached hydrogens (tertiary/aromatic N) is 2. The van der Waals surface area contributed by atoms with Crippen LogP contribution in [-0.2, 0) is 6.42 Å². The van der Waals surface area contributed by atoms with Crippen LogP contribution in [0.4, 0.5) is 0 Å². The van der Waals surface area contributed by atoms with Crippen LogP contribution < -0.4 is 0 Å². The molecule has 0 fully saturated rings. The van der Waals surface area contributed by atoms with Crippen LogP contribution in [0.5, 0.6) is 0 Å². The van der Waals surface area contributed by atoms with Gasteiger partial charge in [0.2, 0.25) is 0 Å². The Morgan fingerprint density at radius 1 is 1.20 bits per heavy atom. The Morgan fingerprint density at radius 2 is 2.00 bits per heavy atom. The molecular weight excluding hydrogens is 268 g/mol. The van der Waals surface area contributed by atoms with Gasteiger partial charge in [0.15, 0.2) is 0 Å². The molecule has 3 aromatic rings. The van der Waals surface area contributed by atoms with E-state index in [-0.39, 0.29) is 0 Å². The summed E-state index contributed by atoms with van der Waals surface area (Å²) >= 11 is 1.57. The average Bonchev–Trinajstić information content (AvgIpc) is 2.78. The molecule has 0 amide bonds. The number of aliphatic hydroxyl groups is 1. The lowest BCUT2D eigenvalue weighted by Gasteiger charge is -2.11. The van der Waals surface area contributed by atoms with Crippen molar-refractivity contribution in [3.8, 4) is 0 Å². The van der Waals surface area contributed by atoms with E-state index in [2.05, 4.69) is 16.0 Å². The number of aromatic nitrogens is 2. The van der Waals surface area contributed by atoms with Gasteiger partial charge < -0.3 is 5.11 Å². The third-order valence-electron chi connectivity index (χ3n) is 3.39. The molecule has 1 aromatic carbocycles. The topological polar surface area (TPSA) is 46.0 Å². The lowest BCUT2D eigenvalue weighted by Crippen LogP contribution is -2.02. The third-order valence-corrected chi connectivity index (χ3v) is 4.57. The summed E-state index contributed by atoms with van der Waals surface area (Å²) in [4.78, 5) is 9.70. The van der Waals surface area contributed by atoms with E-state index in [1.165, 1.54) is 0 Å². The molecule has 4 heteroatoms. The van der Waals surface area contributed by atoms with Gasteiger partial charge in [-0.2, -0.15) is 0 Å². The van der Waals surface area contributed by atoms with Crippen molar-refractivity contribution in [1.29, 1.82) is 0 Å². The Labute approximate surface area is 122 Å². The molecule has 1 N–H and O–H groups in total. The second-order valence-electron chi connectivity index (χ2n) is 4.89. The number of benzene rings is 1. The van der Waals surface area contributed by atoms with Crippen LogP contribution in [0.2, 0.25) is 0 Å². The number of para-hydroxylation sites is 1. The minimum atomic E-state index is -0.507. The van der Waals surface area contributed by atoms with Crippen molar-refractivity contribution >= 4 is 22.2 Å². The Kier molecular flexibility index (Phi) is 3.51. The zero-order valence-electron chi connectivity index (χ0n) is 11.5. The molecule has 0 bridgehead atoms. The van der Waals surface area contributed by atoms with Crippen molar-refractivity contribution in [3.05, 3.63) is 57.7 Å². The monoisotopic (exact) mass is 284 g/mol. The van der Waals surface area contributed by atoms with E-state index in [0.29, 0.717) is 6.42 Å². The van der Waals surface area contributed by atoms with Crippen LogP contribution in [0.1, 0.15) is 27.2 Å². The number of thiazole rings is 1. The molecule has 102 valence electrons. The average molecular weight is 284 g/mol. The maximum Gasteiger partial charge on any atom is 0.0941 e. The molecule has 2 heterocycles. The number of fused-ring (bicyclic) bond motifs is 1. The predicted molar refractivity (Wildman–Crippen MR) is 82.0 cm³/mol. The van der Waals surface area contributed by atoms with Crippen LogP contribution in [0.3, 0.4) is 0 Å². The molecule has 0 aliphatic carbocycles. The molecule has 0 radical (unpaired) electrons. The Hall–Kier alpha value is -1.78. The standard InChI is InChI=1S/C16H16N2OS/c1-10-16(20-11(2)18-10)15(19)9-12-7-8-17-14-6-4-3-5-13(12)14/h3-8,15,19H,9H2,1-2H3. The molecule has 0 aliphatic rings. The quantitative estimate of drug-likeness (QED) is 0.799. The minimum Gasteiger partial charge on any atom is -0.387 e. The number of pyridine rings is 1. The van der Waals surface area contributed by atoms with Crippen molar-refractivity contribution in [3.63, 3.8) is 0 Å². The second-order valence-corrected chi connectivity index (χ2v) is 6.12. The van der Waals surface area contributed by atoms with Crippen LogP contribution in [-0.4, -0.2) is 15.1 Å². The van der Waals surface area contributed by atoms with Crippen molar-refractivity contribution in [1.82, 2.24) is 9.97 Å². The van der Waals surface area contributed by atoms with Gasteiger partial charge in [-0.1, -0.05) is 18.2 Å². The summed E-state index contributed by atoms with van der Waals surface area (Å²) in [7, 11) is 0. The summed E-state index contributed by atoms with van der Waals surface area (Å²) in [5, 5.41) is 12.6. The van der Waals surface area contributed by atoms with Crippen LogP contribution >= 0.6 is 11.3 Å². The van der Waals surface area contributed by atoms with Crippen LogP contribution in [0.25, 0.3) is 10.9 Å². The SMILES string of the molecule is Cc1nc(C)c(C(O)Cc2ccnc3ccccc23)s1. The lowest BCUT2D eigenvalue weighted by atomic mass is 10.0. The van der Waals surface area contributed by atoms with E-state index < -0.39 is 6.10 Å². The Morgan fingerprint density at radius 3 is 2.75 bits per heavy atom. The lowest BCUT2D eigenvalue weighted by molar-refractivity contribution is 0.181. The molecule has 3 rings (SSSR count). The summed E-state index contributed by atoms with van der Waals surface area (Å²) in [5.74, 6) is 0. The largest absolute Gasteiger partial charge is 0.387 e. The minimum absolute atomic E-state index is 0.507. The number of aliphatic hydroxyl groups excluding tert-OH is 1. The fourth-order valence-electron chi connectivity index (χ4n) is 2.49. The highest BCUT2D eigenvalue weighted by Gasteiger charge is 2.16. The smallest absolute Gasteiger partial charge is 0.0941 e. The maximum absolute atomic E-state index is 10.5. The molecule has 0 saturated heterocycles. The molecule has 0 aliphatic heterocycles. The van der Waals surface area contributed by atoms with Gasteiger partial charge in [0.1, 0.15) is 0 Å². The highest BCUT2D eigenvalue weighted by molar-refractivity contribution is 7.11. The Bertz CT molecular complexity index is 746. The number of hydrogen-bond acceptors (Lipinski definition) is 4. The van der Waals surface area contributed by atoms with E-state index >= 15 is 0 Å². The summed E-state index contributed by atoms with van der Waals surface area (Å²) in [6.07, 6.45) is 1.88. The van der Waals surface area contributed by atoms with Crippen molar-refractivity contribution < 1.29 is 5.11 Å². The molecule has 20 heavy (non-hydrogen) atoms. The fourth-order valence-corrected chi connectivity index (χ4v) is 3.40. The number of hydrogen-bond donors (Lipinski definition) is 1. The molecule has 2 aromatic heterocycles. The first-order valence-electron chi connectivity index (χ1n) is 6.60. The first-order chi connectivity index (χ1) is 9.65. The maximum atomic E-state index is 10.5. The summed E-state index contributed by atoms with van der Waals surface area (Å²) in [6, 6.07) is 10.0. The van der Waals surface area contributed by atoms with Crippen molar-refractivity contribution in [2.45, 2.75) is 26.4 Å². The van der Waals surface area contributed by atoms with Gasteiger partial charge in [-0.25, -0.2) is 4.98 Å². The summed E-state index contributed by atoms with van der Waals surface area (Å²) in [6.45, 7) is 3.92. The predicted octanol–water partition coefficient (Wildman–Crippen LogP) is 3.58. The van der Waals surface area contributed by atoms with E-state index in [1.807, 2.05) is 38.1 Å². The Balaban J connectivity index is 1.95. The first-order valence-corrected chi connectivity index (χ1v) is 7.41. The fraction of sp³-hybridized carbons (Fsp3) is 0.250. The molecule has 1 atom stereocenters. The van der Waals surface area contributed by atoms with Gasteiger partial charge in [-0.05, 0) is 31.5 Å². The summed E-state index contributed by atoms with van der Waals surface area (Å²) < 4.78 is 0. The van der Waals surface area contributed by atoms with Crippen molar-refractivity contribution in [2.75, 3.05) is 0 Å². The third kappa shape index (κ3) is 2.44. The molecule has 3 nitrogen and oxygen atoms in total. The van der Waals surface area contributed by atoms with Crippen LogP contribution in [0.15, 0.2) is 36.5 Å². The van der Waals surface area contributed by atoms with Gasteiger partial charge in [0.05, 0.1) is 27.2 Å². The van der Waals surface area contributed by atoms with E-state index in [1.54, 1.807) is 17.5 Å². The number of aryl methyl sites for hydroxylation is 2. The van der Waals surface area contributed by atoms with Gasteiger partial charge in [0, 0.05) is 18.0 Å². The van der Waals surface area contributed by atoms with E-state index in [0.717, 1.165) is 32.0 Å². The summed E-state index contributed by atoms with van der Waals surface area (Å²) in [5.41, 5.74) is 3.02. The normalized spacial score (nSPS) is 12.8. The molecule has 0 saturated carbocycles. The highest BCUT2D eigenvalue weighted by Crippen LogP contribution is 2.29. The van der Waals surface area contributed by atoms with Gasteiger partial charge in [0.25, 0.3) is 0 Å². The molecular formula is C16H16N2OS. The van der Waals surface area contributed by atoms with Gasteiger partial charge in [-0.3, -0.25) is 4.98 Å². The highest BCUT2D eigenvalue weighted by atomic mass is 32.1. The zero-order valence-corrected chi connectivity index (χ0v) is 12.3. The van der Waals surface area contributed by atoms with E-state index in [9.17, 15) is 5.11 Å². The van der Waals surface area contributed by atoms with Gasteiger partial charge >= 0.3 is 0 Å². The first kappa shape index (κ1) is 13.2. The second kappa shape index (κ2) is 5.31. The number of rotatable bonds is 3. The van der Waals surface area contributed by atoms with Crippen molar-refractivity contribution in [2.24, 2.45) is 0 Å². The zero-order chi connectivity index (χ0) is 14.1. The molecule has 0 spiro atoms. The van der Waals surface area contributed by atoms with Gasteiger partial charge in [-0.15, -0.1) is 11.3 Å². The molecule has 1 unspecified atom stereocenters.